The predicted octanol–water partition coefficient (Wildman–Crippen LogP) is 2.88. The molecule has 2 unspecified atom stereocenters. The normalized spacial score (nSPS) is 25.8. The van der Waals surface area contributed by atoms with Crippen LogP contribution in [0.25, 0.3) is 0 Å². The summed E-state index contributed by atoms with van der Waals surface area (Å²) in [7, 11) is 1.65. The highest BCUT2D eigenvalue weighted by atomic mass is 16.5. The van der Waals surface area contributed by atoms with Crippen LogP contribution in [0.2, 0.25) is 0 Å². The molecule has 4 nitrogen and oxygen atoms in total. The standard InChI is InChI=1S/C17H26O4/c1-3-6-14-13-17(18,9-10-20-14)15-7-4-5-8-16(15)21-12-11-19-2/h4-5,7-8,14,18H,3,6,9-13H2,1-2H3. The third-order valence-electron chi connectivity index (χ3n) is 3.98. The maximum absolute atomic E-state index is 11.1. The highest BCUT2D eigenvalue weighted by molar-refractivity contribution is 5.38. The van der Waals surface area contributed by atoms with Crippen molar-refractivity contribution in [1.29, 1.82) is 0 Å². The zero-order valence-electron chi connectivity index (χ0n) is 13.0. The van der Waals surface area contributed by atoms with E-state index in [1.807, 2.05) is 24.3 Å². The summed E-state index contributed by atoms with van der Waals surface area (Å²) in [5, 5.41) is 11.1. The Hall–Kier alpha value is -1.10. The third kappa shape index (κ3) is 4.19. The summed E-state index contributed by atoms with van der Waals surface area (Å²) in [4.78, 5) is 0. The molecule has 0 saturated carbocycles. The third-order valence-corrected chi connectivity index (χ3v) is 3.98. The molecule has 4 heteroatoms. The molecule has 1 aliphatic rings. The molecule has 0 radical (unpaired) electrons. The summed E-state index contributed by atoms with van der Waals surface area (Å²) in [5.41, 5.74) is 0.00684. The van der Waals surface area contributed by atoms with Gasteiger partial charge in [0.1, 0.15) is 12.4 Å². The lowest BCUT2D eigenvalue weighted by molar-refractivity contribution is -0.110. The fourth-order valence-corrected chi connectivity index (χ4v) is 2.90. The Morgan fingerprint density at radius 2 is 2.14 bits per heavy atom. The predicted molar refractivity (Wildman–Crippen MR) is 81.6 cm³/mol. The monoisotopic (exact) mass is 294 g/mol. The Balaban J connectivity index is 2.14. The summed E-state index contributed by atoms with van der Waals surface area (Å²) in [6.07, 6.45) is 3.41. The second kappa shape index (κ2) is 7.78. The van der Waals surface area contributed by atoms with Gasteiger partial charge < -0.3 is 19.3 Å². The number of methoxy groups -OCH3 is 1. The van der Waals surface area contributed by atoms with Crippen LogP contribution in [0, 0.1) is 0 Å². The molecular formula is C17H26O4. The number of rotatable bonds is 7. The van der Waals surface area contributed by atoms with E-state index in [1.165, 1.54) is 0 Å². The first kappa shape index (κ1) is 16.3. The van der Waals surface area contributed by atoms with Crippen molar-refractivity contribution >= 4 is 0 Å². The average Bonchev–Trinajstić information content (AvgIpc) is 2.48. The van der Waals surface area contributed by atoms with Crippen LogP contribution >= 0.6 is 0 Å². The second-order valence-electron chi connectivity index (χ2n) is 5.60. The van der Waals surface area contributed by atoms with E-state index < -0.39 is 5.60 Å². The molecule has 1 fully saturated rings. The Bertz CT molecular complexity index is 433. The molecule has 118 valence electrons. The SMILES string of the molecule is CCCC1CC(O)(c2ccccc2OCCOC)CCO1. The molecular weight excluding hydrogens is 268 g/mol. The van der Waals surface area contributed by atoms with Gasteiger partial charge in [0.05, 0.1) is 24.9 Å². The van der Waals surface area contributed by atoms with Gasteiger partial charge in [-0.1, -0.05) is 31.5 Å². The molecule has 2 atom stereocenters. The first-order valence-corrected chi connectivity index (χ1v) is 7.75. The molecule has 0 amide bonds. The zero-order valence-corrected chi connectivity index (χ0v) is 13.0. The maximum atomic E-state index is 11.1. The lowest BCUT2D eigenvalue weighted by Crippen LogP contribution is -2.39. The van der Waals surface area contributed by atoms with E-state index in [9.17, 15) is 5.11 Å². The Morgan fingerprint density at radius 3 is 2.90 bits per heavy atom. The van der Waals surface area contributed by atoms with Crippen LogP contribution in [0.5, 0.6) is 5.75 Å². The molecule has 1 saturated heterocycles. The lowest BCUT2D eigenvalue weighted by atomic mass is 9.82. The van der Waals surface area contributed by atoms with E-state index in [0.717, 1.165) is 24.2 Å². The van der Waals surface area contributed by atoms with Crippen molar-refractivity contribution in [2.45, 2.75) is 44.3 Å². The summed E-state index contributed by atoms with van der Waals surface area (Å²) in [6.45, 7) is 3.75. The summed E-state index contributed by atoms with van der Waals surface area (Å²) in [6, 6.07) is 7.74. The van der Waals surface area contributed by atoms with Crippen LogP contribution < -0.4 is 4.74 Å². The van der Waals surface area contributed by atoms with Crippen molar-refractivity contribution < 1.29 is 19.3 Å². The fourth-order valence-electron chi connectivity index (χ4n) is 2.90. The van der Waals surface area contributed by atoms with Gasteiger partial charge in [-0.2, -0.15) is 0 Å². The number of benzene rings is 1. The molecule has 21 heavy (non-hydrogen) atoms. The van der Waals surface area contributed by atoms with Gasteiger partial charge in [-0.3, -0.25) is 0 Å². The van der Waals surface area contributed by atoms with Crippen LogP contribution in [-0.2, 0) is 15.1 Å². The molecule has 0 spiro atoms. The minimum Gasteiger partial charge on any atom is -0.491 e. The van der Waals surface area contributed by atoms with E-state index in [1.54, 1.807) is 7.11 Å². The van der Waals surface area contributed by atoms with Gasteiger partial charge in [-0.05, 0) is 12.5 Å². The molecule has 1 N–H and O–H groups in total. The minimum absolute atomic E-state index is 0.126. The molecule has 1 aromatic carbocycles. The van der Waals surface area contributed by atoms with Crippen molar-refractivity contribution in [3.05, 3.63) is 29.8 Å². The summed E-state index contributed by atoms with van der Waals surface area (Å²) in [5.74, 6) is 0.745. The molecule has 0 aromatic heterocycles. The molecule has 1 aliphatic heterocycles. The largest absolute Gasteiger partial charge is 0.491 e. The molecule has 0 bridgehead atoms. The topological polar surface area (TPSA) is 47.9 Å². The molecule has 2 rings (SSSR count). The van der Waals surface area contributed by atoms with Crippen LogP contribution in [0.4, 0.5) is 0 Å². The van der Waals surface area contributed by atoms with E-state index >= 15 is 0 Å². The highest BCUT2D eigenvalue weighted by Gasteiger charge is 2.38. The van der Waals surface area contributed by atoms with Gasteiger partial charge in [0.15, 0.2) is 0 Å². The van der Waals surface area contributed by atoms with Crippen molar-refractivity contribution in [2.75, 3.05) is 26.9 Å². The minimum atomic E-state index is -0.859. The Kier molecular flexibility index (Phi) is 6.03. The van der Waals surface area contributed by atoms with Crippen LogP contribution in [-0.4, -0.2) is 38.1 Å². The smallest absolute Gasteiger partial charge is 0.125 e. The quantitative estimate of drug-likeness (QED) is 0.786. The summed E-state index contributed by atoms with van der Waals surface area (Å²) < 4.78 is 16.5. The summed E-state index contributed by atoms with van der Waals surface area (Å²) >= 11 is 0. The van der Waals surface area contributed by atoms with Crippen molar-refractivity contribution in [2.24, 2.45) is 0 Å². The second-order valence-corrected chi connectivity index (χ2v) is 5.60. The van der Waals surface area contributed by atoms with Gasteiger partial charge in [-0.15, -0.1) is 0 Å². The van der Waals surface area contributed by atoms with Crippen LogP contribution in [0.3, 0.4) is 0 Å². The van der Waals surface area contributed by atoms with Gasteiger partial charge >= 0.3 is 0 Å². The molecule has 1 heterocycles. The average molecular weight is 294 g/mol. The van der Waals surface area contributed by atoms with Gasteiger partial charge in [0, 0.05) is 25.5 Å². The number of hydrogen-bond acceptors (Lipinski definition) is 4. The van der Waals surface area contributed by atoms with Gasteiger partial charge in [-0.25, -0.2) is 0 Å². The van der Waals surface area contributed by atoms with Gasteiger partial charge in [0.25, 0.3) is 0 Å². The van der Waals surface area contributed by atoms with Crippen LogP contribution in [0.1, 0.15) is 38.2 Å². The van der Waals surface area contributed by atoms with E-state index in [-0.39, 0.29) is 6.10 Å². The molecule has 0 aliphatic carbocycles. The lowest BCUT2D eigenvalue weighted by Gasteiger charge is -2.38. The van der Waals surface area contributed by atoms with E-state index in [0.29, 0.717) is 32.7 Å². The first-order chi connectivity index (χ1) is 10.2. The number of aliphatic hydroxyl groups is 1. The first-order valence-electron chi connectivity index (χ1n) is 7.75. The number of ether oxygens (including phenoxy) is 3. The van der Waals surface area contributed by atoms with Crippen molar-refractivity contribution in [3.8, 4) is 5.75 Å². The zero-order chi connectivity index (χ0) is 15.1. The van der Waals surface area contributed by atoms with Crippen molar-refractivity contribution in [1.82, 2.24) is 0 Å². The maximum Gasteiger partial charge on any atom is 0.125 e. The Labute approximate surface area is 127 Å². The Morgan fingerprint density at radius 1 is 1.33 bits per heavy atom. The number of hydrogen-bond donors (Lipinski definition) is 1. The molecule has 1 aromatic rings. The number of para-hydroxylation sites is 1. The highest BCUT2D eigenvalue weighted by Crippen LogP contribution is 2.40. The van der Waals surface area contributed by atoms with Crippen LogP contribution in [0.15, 0.2) is 24.3 Å². The van der Waals surface area contributed by atoms with E-state index in [4.69, 9.17) is 14.2 Å². The fraction of sp³-hybridized carbons (Fsp3) is 0.647. The van der Waals surface area contributed by atoms with Crippen molar-refractivity contribution in [3.63, 3.8) is 0 Å². The van der Waals surface area contributed by atoms with Gasteiger partial charge in [0.2, 0.25) is 0 Å². The van der Waals surface area contributed by atoms with E-state index in [2.05, 4.69) is 6.92 Å².